The van der Waals surface area contributed by atoms with Crippen molar-refractivity contribution in [3.8, 4) is 11.5 Å². The largest absolute Gasteiger partial charge is 0.493 e. The number of benzene rings is 1. The Balaban J connectivity index is 3.14. The molecule has 1 atom stereocenters. The van der Waals surface area contributed by atoms with E-state index in [4.69, 9.17) is 9.47 Å². The molecular weight excluding hydrogens is 248 g/mol. The Kier molecular flexibility index (Phi) is 4.22. The van der Waals surface area contributed by atoms with Crippen molar-refractivity contribution in [3.63, 3.8) is 0 Å². The zero-order valence-corrected chi connectivity index (χ0v) is 9.74. The topological polar surface area (TPSA) is 38.7 Å². The monoisotopic (exact) mass is 260 g/mol. The van der Waals surface area contributed by atoms with Gasteiger partial charge in [-0.2, -0.15) is 0 Å². The van der Waals surface area contributed by atoms with Crippen LogP contribution < -0.4 is 9.47 Å². The molecule has 1 rings (SSSR count). The van der Waals surface area contributed by atoms with Crippen LogP contribution in [0.4, 0.5) is 0 Å². The molecule has 0 saturated heterocycles. The molecule has 14 heavy (non-hydrogen) atoms. The highest BCUT2D eigenvalue weighted by molar-refractivity contribution is 9.09. The number of ether oxygens (including phenoxy) is 2. The molecule has 0 fully saturated rings. The number of halogens is 1. The molecule has 1 unspecified atom stereocenters. The molecule has 3 nitrogen and oxygen atoms in total. The molecular formula is C10H13BrO3. The summed E-state index contributed by atoms with van der Waals surface area (Å²) < 4.78 is 10.3. The fraction of sp³-hybridized carbons (Fsp3) is 0.400. The van der Waals surface area contributed by atoms with Crippen molar-refractivity contribution in [3.05, 3.63) is 23.8 Å². The maximum Gasteiger partial charge on any atom is 0.166 e. The lowest BCUT2D eigenvalue weighted by atomic mass is 10.1. The number of hydrogen-bond acceptors (Lipinski definition) is 3. The van der Waals surface area contributed by atoms with Gasteiger partial charge in [-0.1, -0.05) is 28.1 Å². The first-order chi connectivity index (χ1) is 6.74. The zero-order chi connectivity index (χ0) is 10.6. The second kappa shape index (κ2) is 5.22. The van der Waals surface area contributed by atoms with Gasteiger partial charge in [-0.25, -0.2) is 0 Å². The van der Waals surface area contributed by atoms with Crippen LogP contribution in [-0.4, -0.2) is 24.7 Å². The average Bonchev–Trinajstić information content (AvgIpc) is 2.26. The van der Waals surface area contributed by atoms with Gasteiger partial charge in [0.2, 0.25) is 0 Å². The van der Waals surface area contributed by atoms with E-state index in [1.165, 1.54) is 0 Å². The van der Waals surface area contributed by atoms with Gasteiger partial charge in [0.05, 0.1) is 20.3 Å². The fourth-order valence-corrected chi connectivity index (χ4v) is 1.61. The first kappa shape index (κ1) is 11.3. The van der Waals surface area contributed by atoms with Crippen molar-refractivity contribution in [2.75, 3.05) is 19.5 Å². The molecule has 0 saturated carbocycles. The minimum atomic E-state index is -0.583. The average molecular weight is 261 g/mol. The second-order valence-corrected chi connectivity index (χ2v) is 3.40. The van der Waals surface area contributed by atoms with Crippen molar-refractivity contribution in [2.24, 2.45) is 0 Å². The predicted octanol–water partition coefficient (Wildman–Crippen LogP) is 2.13. The third-order valence-corrected chi connectivity index (χ3v) is 2.55. The Morgan fingerprint density at radius 2 is 2.07 bits per heavy atom. The van der Waals surface area contributed by atoms with Crippen LogP contribution in [0.5, 0.6) is 11.5 Å². The van der Waals surface area contributed by atoms with Gasteiger partial charge in [0.25, 0.3) is 0 Å². The van der Waals surface area contributed by atoms with E-state index in [1.54, 1.807) is 20.3 Å². The number of rotatable bonds is 4. The van der Waals surface area contributed by atoms with Crippen LogP contribution in [0.25, 0.3) is 0 Å². The van der Waals surface area contributed by atoms with Gasteiger partial charge in [-0.15, -0.1) is 0 Å². The van der Waals surface area contributed by atoms with E-state index in [-0.39, 0.29) is 0 Å². The van der Waals surface area contributed by atoms with Crippen molar-refractivity contribution < 1.29 is 14.6 Å². The Morgan fingerprint density at radius 1 is 1.36 bits per heavy atom. The molecule has 0 spiro atoms. The zero-order valence-electron chi connectivity index (χ0n) is 8.16. The number of aliphatic hydroxyl groups is 1. The fourth-order valence-electron chi connectivity index (χ4n) is 1.26. The SMILES string of the molecule is COc1cccc(C(O)CBr)c1OC. The molecule has 0 radical (unpaired) electrons. The van der Waals surface area contributed by atoms with E-state index >= 15 is 0 Å². The number of para-hydroxylation sites is 1. The lowest BCUT2D eigenvalue weighted by Gasteiger charge is -2.15. The summed E-state index contributed by atoms with van der Waals surface area (Å²) in [7, 11) is 3.13. The molecule has 0 aromatic heterocycles. The van der Waals surface area contributed by atoms with Crippen molar-refractivity contribution in [2.45, 2.75) is 6.10 Å². The summed E-state index contributed by atoms with van der Waals surface area (Å²) in [6, 6.07) is 5.43. The lowest BCUT2D eigenvalue weighted by Crippen LogP contribution is -2.02. The Hall–Kier alpha value is -0.740. The molecule has 78 valence electrons. The first-order valence-electron chi connectivity index (χ1n) is 4.19. The van der Waals surface area contributed by atoms with Crippen LogP contribution in [0.15, 0.2) is 18.2 Å². The van der Waals surface area contributed by atoms with E-state index in [0.717, 1.165) is 5.56 Å². The molecule has 0 aliphatic carbocycles. The summed E-state index contributed by atoms with van der Waals surface area (Å²) >= 11 is 3.21. The minimum Gasteiger partial charge on any atom is -0.493 e. The van der Waals surface area contributed by atoms with Crippen molar-refractivity contribution >= 4 is 15.9 Å². The van der Waals surface area contributed by atoms with Crippen molar-refractivity contribution in [1.29, 1.82) is 0 Å². The van der Waals surface area contributed by atoms with Crippen LogP contribution in [0.2, 0.25) is 0 Å². The molecule has 0 amide bonds. The van der Waals surface area contributed by atoms with Crippen molar-refractivity contribution in [1.82, 2.24) is 0 Å². The quantitative estimate of drug-likeness (QED) is 0.844. The van der Waals surface area contributed by atoms with Crippen LogP contribution in [-0.2, 0) is 0 Å². The van der Waals surface area contributed by atoms with Gasteiger partial charge in [0.15, 0.2) is 11.5 Å². The summed E-state index contributed by atoms with van der Waals surface area (Å²) in [5, 5.41) is 10.1. The normalized spacial score (nSPS) is 12.3. The smallest absolute Gasteiger partial charge is 0.166 e. The van der Waals surface area contributed by atoms with E-state index < -0.39 is 6.10 Å². The van der Waals surface area contributed by atoms with Gasteiger partial charge in [0, 0.05) is 10.9 Å². The van der Waals surface area contributed by atoms with Gasteiger partial charge < -0.3 is 14.6 Å². The highest BCUT2D eigenvalue weighted by Gasteiger charge is 2.15. The highest BCUT2D eigenvalue weighted by atomic mass is 79.9. The Bertz CT molecular complexity index is 301. The van der Waals surface area contributed by atoms with Crippen LogP contribution in [0, 0.1) is 0 Å². The molecule has 1 aromatic rings. The van der Waals surface area contributed by atoms with Crippen LogP contribution >= 0.6 is 15.9 Å². The predicted molar refractivity (Wildman–Crippen MR) is 58.3 cm³/mol. The van der Waals surface area contributed by atoms with Crippen LogP contribution in [0.1, 0.15) is 11.7 Å². The maximum atomic E-state index is 9.68. The maximum absolute atomic E-state index is 9.68. The van der Waals surface area contributed by atoms with E-state index in [1.807, 2.05) is 12.1 Å². The molecule has 4 heteroatoms. The molecule has 0 aliphatic rings. The standard InChI is InChI=1S/C10H13BrO3/c1-13-9-5-3-4-7(8(12)6-11)10(9)14-2/h3-5,8,12H,6H2,1-2H3. The van der Waals surface area contributed by atoms with Gasteiger partial charge in [-0.3, -0.25) is 0 Å². The lowest BCUT2D eigenvalue weighted by molar-refractivity contribution is 0.199. The molecule has 0 bridgehead atoms. The number of methoxy groups -OCH3 is 2. The Morgan fingerprint density at radius 3 is 2.57 bits per heavy atom. The summed E-state index contributed by atoms with van der Waals surface area (Å²) in [6.45, 7) is 0. The summed E-state index contributed by atoms with van der Waals surface area (Å²) in [6.07, 6.45) is -0.583. The van der Waals surface area contributed by atoms with E-state index in [9.17, 15) is 5.11 Å². The third-order valence-electron chi connectivity index (χ3n) is 1.94. The van der Waals surface area contributed by atoms with Gasteiger partial charge >= 0.3 is 0 Å². The van der Waals surface area contributed by atoms with E-state index in [0.29, 0.717) is 16.8 Å². The molecule has 1 aromatic carbocycles. The van der Waals surface area contributed by atoms with Gasteiger partial charge in [0.1, 0.15) is 0 Å². The number of aliphatic hydroxyl groups excluding tert-OH is 1. The molecule has 0 aliphatic heterocycles. The minimum absolute atomic E-state index is 0.469. The molecule has 1 N–H and O–H groups in total. The first-order valence-corrected chi connectivity index (χ1v) is 5.31. The summed E-state index contributed by atoms with van der Waals surface area (Å²) in [4.78, 5) is 0. The van der Waals surface area contributed by atoms with Gasteiger partial charge in [-0.05, 0) is 6.07 Å². The summed E-state index contributed by atoms with van der Waals surface area (Å²) in [5.41, 5.74) is 0.726. The number of hydrogen-bond donors (Lipinski definition) is 1. The third kappa shape index (κ3) is 2.19. The summed E-state index contributed by atoms with van der Waals surface area (Å²) in [5.74, 6) is 1.21. The number of alkyl halides is 1. The second-order valence-electron chi connectivity index (χ2n) is 2.75. The molecule has 0 heterocycles. The van der Waals surface area contributed by atoms with Crippen LogP contribution in [0.3, 0.4) is 0 Å². The highest BCUT2D eigenvalue weighted by Crippen LogP contribution is 2.34. The van der Waals surface area contributed by atoms with E-state index in [2.05, 4.69) is 15.9 Å². The Labute approximate surface area is 91.8 Å².